The molecule has 0 bridgehead atoms. The van der Waals surface area contributed by atoms with Gasteiger partial charge in [0.1, 0.15) is 0 Å². The van der Waals surface area contributed by atoms with Gasteiger partial charge in [0.2, 0.25) is 0 Å². The predicted molar refractivity (Wildman–Crippen MR) is 57.6 cm³/mol. The third-order valence-corrected chi connectivity index (χ3v) is 1.22. The third-order valence-electron chi connectivity index (χ3n) is 1.22. The molecular formula is C10H18S. The first-order chi connectivity index (χ1) is 4.79. The maximum absolute atomic E-state index is 2.12. The lowest BCUT2D eigenvalue weighted by Crippen LogP contribution is -1.70. The van der Waals surface area contributed by atoms with Crippen molar-refractivity contribution in [3.63, 3.8) is 0 Å². The fraction of sp³-hybridized carbons (Fsp3) is 0.400. The highest BCUT2D eigenvalue weighted by atomic mass is 32.1. The van der Waals surface area contributed by atoms with E-state index in [1.165, 1.54) is 11.1 Å². The van der Waals surface area contributed by atoms with E-state index in [4.69, 9.17) is 0 Å². The molecule has 1 aromatic rings. The molecule has 0 spiro atoms. The van der Waals surface area contributed by atoms with Crippen LogP contribution in [0.15, 0.2) is 24.3 Å². The second kappa shape index (κ2) is 7.67. The van der Waals surface area contributed by atoms with E-state index in [1.807, 2.05) is 13.8 Å². The van der Waals surface area contributed by atoms with Crippen LogP contribution in [0.25, 0.3) is 0 Å². The van der Waals surface area contributed by atoms with Crippen molar-refractivity contribution in [3.8, 4) is 0 Å². The number of aryl methyl sites for hydroxylation is 2. The van der Waals surface area contributed by atoms with E-state index >= 15 is 0 Å². The first-order valence-electron chi connectivity index (χ1n) is 3.82. The standard InChI is InChI=1S/C8H10.C2H6.H2S/c1-7-3-5-8(2)6-4-7;1-2;/h3-6H,1-2H3;1-2H3;1H2. The van der Waals surface area contributed by atoms with Crippen LogP contribution < -0.4 is 0 Å². The van der Waals surface area contributed by atoms with Gasteiger partial charge in [0.25, 0.3) is 0 Å². The van der Waals surface area contributed by atoms with Crippen LogP contribution in [-0.4, -0.2) is 0 Å². The number of hydrogen-bond donors (Lipinski definition) is 0. The van der Waals surface area contributed by atoms with Gasteiger partial charge in [-0.3, -0.25) is 0 Å². The van der Waals surface area contributed by atoms with Crippen molar-refractivity contribution in [2.24, 2.45) is 0 Å². The summed E-state index contributed by atoms with van der Waals surface area (Å²) in [5, 5.41) is 0. The molecule has 0 aliphatic carbocycles. The van der Waals surface area contributed by atoms with Gasteiger partial charge >= 0.3 is 0 Å². The molecule has 1 rings (SSSR count). The Morgan fingerprint density at radius 3 is 1.09 bits per heavy atom. The summed E-state index contributed by atoms with van der Waals surface area (Å²) in [6.45, 7) is 8.19. The van der Waals surface area contributed by atoms with Gasteiger partial charge in [-0.15, -0.1) is 0 Å². The quantitative estimate of drug-likeness (QED) is 0.559. The topological polar surface area (TPSA) is 0 Å². The molecule has 0 fully saturated rings. The van der Waals surface area contributed by atoms with Crippen LogP contribution >= 0.6 is 13.5 Å². The molecule has 11 heavy (non-hydrogen) atoms. The molecule has 0 nitrogen and oxygen atoms in total. The van der Waals surface area contributed by atoms with Crippen molar-refractivity contribution in [2.75, 3.05) is 0 Å². The highest BCUT2D eigenvalue weighted by Gasteiger charge is 1.79. The molecule has 0 saturated heterocycles. The Morgan fingerprint density at radius 1 is 0.727 bits per heavy atom. The van der Waals surface area contributed by atoms with Crippen molar-refractivity contribution >= 4 is 13.5 Å². The first-order valence-corrected chi connectivity index (χ1v) is 3.82. The molecule has 1 aromatic carbocycles. The molecule has 0 aliphatic heterocycles. The summed E-state index contributed by atoms with van der Waals surface area (Å²) in [6, 6.07) is 8.48. The van der Waals surface area contributed by atoms with Gasteiger partial charge in [-0.25, -0.2) is 0 Å². The van der Waals surface area contributed by atoms with E-state index in [2.05, 4.69) is 38.1 Å². The van der Waals surface area contributed by atoms with Gasteiger partial charge in [-0.1, -0.05) is 49.2 Å². The van der Waals surface area contributed by atoms with Crippen LogP contribution in [0.3, 0.4) is 0 Å². The Bertz CT molecular complexity index is 144. The van der Waals surface area contributed by atoms with Crippen LogP contribution in [-0.2, 0) is 0 Å². The van der Waals surface area contributed by atoms with Crippen LogP contribution in [0.4, 0.5) is 0 Å². The molecule has 0 aliphatic rings. The van der Waals surface area contributed by atoms with E-state index in [0.717, 1.165) is 0 Å². The second-order valence-electron chi connectivity index (χ2n) is 2.15. The smallest absolute Gasteiger partial charge is 0.0398 e. The maximum atomic E-state index is 2.12. The minimum Gasteiger partial charge on any atom is -0.197 e. The lowest BCUT2D eigenvalue weighted by Gasteiger charge is -1.90. The van der Waals surface area contributed by atoms with E-state index in [-0.39, 0.29) is 13.5 Å². The van der Waals surface area contributed by atoms with Gasteiger partial charge in [0.05, 0.1) is 0 Å². The summed E-state index contributed by atoms with van der Waals surface area (Å²) >= 11 is 0. The van der Waals surface area contributed by atoms with Crippen molar-refractivity contribution in [2.45, 2.75) is 27.7 Å². The maximum Gasteiger partial charge on any atom is -0.0398 e. The van der Waals surface area contributed by atoms with Crippen molar-refractivity contribution < 1.29 is 0 Å². The molecule has 0 aromatic heterocycles. The van der Waals surface area contributed by atoms with Crippen LogP contribution in [0.2, 0.25) is 0 Å². The van der Waals surface area contributed by atoms with Crippen LogP contribution in [0.5, 0.6) is 0 Å². The monoisotopic (exact) mass is 170 g/mol. The van der Waals surface area contributed by atoms with Crippen molar-refractivity contribution in [3.05, 3.63) is 35.4 Å². The Kier molecular flexibility index (Phi) is 9.20. The number of rotatable bonds is 0. The average molecular weight is 170 g/mol. The zero-order valence-electron chi connectivity index (χ0n) is 7.81. The van der Waals surface area contributed by atoms with E-state index in [9.17, 15) is 0 Å². The lowest BCUT2D eigenvalue weighted by atomic mass is 10.2. The van der Waals surface area contributed by atoms with E-state index in [1.54, 1.807) is 0 Å². The molecule has 0 N–H and O–H groups in total. The predicted octanol–water partition coefficient (Wildman–Crippen LogP) is 3.44. The summed E-state index contributed by atoms with van der Waals surface area (Å²) in [7, 11) is 0. The van der Waals surface area contributed by atoms with Crippen molar-refractivity contribution in [1.82, 2.24) is 0 Å². The van der Waals surface area contributed by atoms with E-state index < -0.39 is 0 Å². The fourth-order valence-corrected chi connectivity index (χ4v) is 0.637. The third kappa shape index (κ3) is 5.99. The Hall–Kier alpha value is -0.430. The van der Waals surface area contributed by atoms with Gasteiger partial charge < -0.3 is 0 Å². The molecule has 0 atom stereocenters. The van der Waals surface area contributed by atoms with Crippen LogP contribution in [0.1, 0.15) is 25.0 Å². The summed E-state index contributed by atoms with van der Waals surface area (Å²) in [6.07, 6.45) is 0. The molecule has 0 heterocycles. The number of hydrogen-bond acceptors (Lipinski definition) is 0. The highest BCUT2D eigenvalue weighted by Crippen LogP contribution is 1.99. The average Bonchev–Trinajstić information content (AvgIpc) is 2.00. The molecule has 0 amide bonds. The molecule has 0 radical (unpaired) electrons. The summed E-state index contributed by atoms with van der Waals surface area (Å²) in [5.74, 6) is 0. The first kappa shape index (κ1) is 13.2. The van der Waals surface area contributed by atoms with Crippen molar-refractivity contribution in [1.29, 1.82) is 0 Å². The van der Waals surface area contributed by atoms with Gasteiger partial charge in [-0.05, 0) is 13.8 Å². The molecule has 1 heteroatoms. The van der Waals surface area contributed by atoms with Crippen LogP contribution in [0, 0.1) is 13.8 Å². The molecule has 0 saturated carbocycles. The normalized spacial score (nSPS) is 7.27. The zero-order valence-corrected chi connectivity index (χ0v) is 8.81. The molecular weight excluding hydrogens is 152 g/mol. The minimum atomic E-state index is 0. The number of benzene rings is 1. The summed E-state index contributed by atoms with van der Waals surface area (Å²) in [4.78, 5) is 0. The second-order valence-corrected chi connectivity index (χ2v) is 2.15. The Balaban J connectivity index is 0. The summed E-state index contributed by atoms with van der Waals surface area (Å²) < 4.78 is 0. The molecule has 64 valence electrons. The SMILES string of the molecule is CC.Cc1ccc(C)cc1.S. The molecule has 0 unspecified atom stereocenters. The van der Waals surface area contributed by atoms with Gasteiger partial charge in [-0.2, -0.15) is 13.5 Å². The largest absolute Gasteiger partial charge is 0.197 e. The van der Waals surface area contributed by atoms with Gasteiger partial charge in [0, 0.05) is 0 Å². The van der Waals surface area contributed by atoms with Gasteiger partial charge in [0.15, 0.2) is 0 Å². The fourth-order valence-electron chi connectivity index (χ4n) is 0.637. The lowest BCUT2D eigenvalue weighted by molar-refractivity contribution is 1.40. The zero-order chi connectivity index (χ0) is 7.98. The highest BCUT2D eigenvalue weighted by molar-refractivity contribution is 7.59. The van der Waals surface area contributed by atoms with E-state index in [0.29, 0.717) is 0 Å². The minimum absolute atomic E-state index is 0. The Morgan fingerprint density at radius 2 is 0.909 bits per heavy atom. The Labute approximate surface area is 77.1 Å². The summed E-state index contributed by atoms with van der Waals surface area (Å²) in [5.41, 5.74) is 2.66.